The third-order valence-corrected chi connectivity index (χ3v) is 2.80. The Bertz CT molecular complexity index is 646. The van der Waals surface area contributed by atoms with Crippen LogP contribution in [0.3, 0.4) is 0 Å². The molecule has 2 aromatic rings. The molecule has 0 saturated heterocycles. The summed E-state index contributed by atoms with van der Waals surface area (Å²) in [6.45, 7) is 1.76. The SMILES string of the molecule is Cc1ccc(NC(=O)c2cc(N)ncc2Cl)c(F)c1. The number of aryl methyl sites for hydroxylation is 1. The molecule has 0 radical (unpaired) electrons. The molecule has 0 aliphatic carbocycles. The first kappa shape index (κ1) is 13.3. The fraction of sp³-hybridized carbons (Fsp3) is 0.0769. The molecule has 4 nitrogen and oxygen atoms in total. The van der Waals surface area contributed by atoms with Gasteiger partial charge in [0.25, 0.3) is 5.91 Å². The normalized spacial score (nSPS) is 10.3. The first-order chi connectivity index (χ1) is 8.97. The van der Waals surface area contributed by atoms with E-state index in [0.29, 0.717) is 0 Å². The zero-order valence-electron chi connectivity index (χ0n) is 10.1. The van der Waals surface area contributed by atoms with Crippen LogP contribution in [0.15, 0.2) is 30.5 Å². The number of benzene rings is 1. The number of hydrogen-bond donors (Lipinski definition) is 2. The van der Waals surface area contributed by atoms with Crippen LogP contribution in [0.4, 0.5) is 15.9 Å². The summed E-state index contributed by atoms with van der Waals surface area (Å²) >= 11 is 5.85. The van der Waals surface area contributed by atoms with Crippen molar-refractivity contribution in [2.45, 2.75) is 6.92 Å². The van der Waals surface area contributed by atoms with E-state index in [1.165, 1.54) is 24.4 Å². The largest absolute Gasteiger partial charge is 0.384 e. The maximum absolute atomic E-state index is 13.6. The molecule has 0 unspecified atom stereocenters. The van der Waals surface area contributed by atoms with Crippen LogP contribution in [0.2, 0.25) is 5.02 Å². The Morgan fingerprint density at radius 1 is 1.42 bits per heavy atom. The molecule has 0 aliphatic heterocycles. The van der Waals surface area contributed by atoms with Gasteiger partial charge in [0, 0.05) is 6.20 Å². The highest BCUT2D eigenvalue weighted by Gasteiger charge is 2.13. The molecule has 0 atom stereocenters. The minimum absolute atomic E-state index is 0.0852. The molecule has 1 aromatic carbocycles. The maximum atomic E-state index is 13.6. The summed E-state index contributed by atoms with van der Waals surface area (Å²) in [7, 11) is 0. The summed E-state index contributed by atoms with van der Waals surface area (Å²) < 4.78 is 13.6. The van der Waals surface area contributed by atoms with E-state index < -0.39 is 11.7 Å². The summed E-state index contributed by atoms with van der Waals surface area (Å²) in [4.78, 5) is 15.7. The number of carbonyl (C=O) groups is 1. The highest BCUT2D eigenvalue weighted by atomic mass is 35.5. The standard InChI is InChI=1S/C13H11ClFN3O/c1-7-2-3-11(10(15)4-7)18-13(19)8-5-12(16)17-6-9(8)14/h2-6H,1H3,(H2,16,17)(H,18,19). The topological polar surface area (TPSA) is 68.0 Å². The Morgan fingerprint density at radius 2 is 2.16 bits per heavy atom. The summed E-state index contributed by atoms with van der Waals surface area (Å²) in [5.41, 5.74) is 6.48. The van der Waals surface area contributed by atoms with E-state index in [2.05, 4.69) is 10.3 Å². The van der Waals surface area contributed by atoms with E-state index in [9.17, 15) is 9.18 Å². The number of nitrogens with zero attached hydrogens (tertiary/aromatic N) is 1. The van der Waals surface area contributed by atoms with Gasteiger partial charge >= 0.3 is 0 Å². The number of rotatable bonds is 2. The van der Waals surface area contributed by atoms with Gasteiger partial charge in [0.1, 0.15) is 11.6 Å². The van der Waals surface area contributed by atoms with Crippen LogP contribution < -0.4 is 11.1 Å². The third kappa shape index (κ3) is 3.00. The van der Waals surface area contributed by atoms with Crippen LogP contribution in [-0.4, -0.2) is 10.9 Å². The van der Waals surface area contributed by atoms with Gasteiger partial charge in [0.05, 0.1) is 16.3 Å². The Kier molecular flexibility index (Phi) is 3.66. The summed E-state index contributed by atoms with van der Waals surface area (Å²) in [6.07, 6.45) is 1.28. The number of anilines is 2. The third-order valence-electron chi connectivity index (χ3n) is 2.49. The molecular formula is C13H11ClFN3O. The number of halogens is 2. The van der Waals surface area contributed by atoms with Crippen molar-refractivity contribution in [1.82, 2.24) is 4.98 Å². The van der Waals surface area contributed by atoms with Crippen molar-refractivity contribution in [3.8, 4) is 0 Å². The van der Waals surface area contributed by atoms with Crippen molar-refractivity contribution < 1.29 is 9.18 Å². The number of nitrogens with two attached hydrogens (primary N) is 1. The molecule has 2 rings (SSSR count). The lowest BCUT2D eigenvalue weighted by atomic mass is 10.2. The zero-order chi connectivity index (χ0) is 14.0. The van der Waals surface area contributed by atoms with Crippen LogP contribution in [0.1, 0.15) is 15.9 Å². The van der Waals surface area contributed by atoms with Gasteiger partial charge < -0.3 is 11.1 Å². The van der Waals surface area contributed by atoms with Gasteiger partial charge in [-0.3, -0.25) is 4.79 Å². The van der Waals surface area contributed by atoms with Crippen molar-refractivity contribution in [1.29, 1.82) is 0 Å². The van der Waals surface area contributed by atoms with Crippen molar-refractivity contribution in [2.75, 3.05) is 11.1 Å². The molecule has 0 spiro atoms. The van der Waals surface area contributed by atoms with Crippen molar-refractivity contribution in [3.63, 3.8) is 0 Å². The number of amides is 1. The quantitative estimate of drug-likeness (QED) is 0.888. The van der Waals surface area contributed by atoms with Crippen LogP contribution >= 0.6 is 11.6 Å². The molecule has 19 heavy (non-hydrogen) atoms. The predicted molar refractivity (Wildman–Crippen MR) is 72.7 cm³/mol. The van der Waals surface area contributed by atoms with Crippen molar-refractivity contribution in [3.05, 3.63) is 52.4 Å². The lowest BCUT2D eigenvalue weighted by Crippen LogP contribution is -2.14. The minimum atomic E-state index is -0.540. The fourth-order valence-electron chi connectivity index (χ4n) is 1.54. The van der Waals surface area contributed by atoms with Gasteiger partial charge in [-0.1, -0.05) is 17.7 Å². The van der Waals surface area contributed by atoms with E-state index in [1.54, 1.807) is 13.0 Å². The van der Waals surface area contributed by atoms with Gasteiger partial charge in [-0.15, -0.1) is 0 Å². The molecular weight excluding hydrogens is 269 g/mol. The molecule has 1 amide bonds. The first-order valence-corrected chi connectivity index (χ1v) is 5.83. The van der Waals surface area contributed by atoms with E-state index in [0.717, 1.165) is 5.56 Å². The number of aromatic nitrogens is 1. The Hall–Kier alpha value is -2.14. The van der Waals surface area contributed by atoms with Crippen LogP contribution in [0, 0.1) is 12.7 Å². The first-order valence-electron chi connectivity index (χ1n) is 5.46. The van der Waals surface area contributed by atoms with E-state index in [1.807, 2.05) is 0 Å². The molecule has 6 heteroatoms. The molecule has 0 fully saturated rings. The van der Waals surface area contributed by atoms with Crippen molar-refractivity contribution >= 4 is 29.0 Å². The second kappa shape index (κ2) is 5.24. The molecule has 0 aliphatic rings. The molecule has 0 saturated carbocycles. The number of hydrogen-bond acceptors (Lipinski definition) is 3. The predicted octanol–water partition coefficient (Wildman–Crippen LogP) is 3.02. The number of nitrogen functional groups attached to an aromatic ring is 1. The average Bonchev–Trinajstić information content (AvgIpc) is 2.35. The monoisotopic (exact) mass is 279 g/mol. The van der Waals surface area contributed by atoms with Crippen molar-refractivity contribution in [2.24, 2.45) is 0 Å². The van der Waals surface area contributed by atoms with E-state index in [4.69, 9.17) is 17.3 Å². The summed E-state index contributed by atoms with van der Waals surface area (Å²) in [5.74, 6) is -0.882. The average molecular weight is 280 g/mol. The van der Waals surface area contributed by atoms with Gasteiger partial charge in [-0.05, 0) is 30.7 Å². The number of carbonyl (C=O) groups excluding carboxylic acids is 1. The van der Waals surface area contributed by atoms with Gasteiger partial charge in [0.2, 0.25) is 0 Å². The van der Waals surface area contributed by atoms with Crippen LogP contribution in [0.5, 0.6) is 0 Å². The smallest absolute Gasteiger partial charge is 0.257 e. The lowest BCUT2D eigenvalue weighted by molar-refractivity contribution is 0.102. The van der Waals surface area contributed by atoms with Gasteiger partial charge in [0.15, 0.2) is 0 Å². The minimum Gasteiger partial charge on any atom is -0.384 e. The van der Waals surface area contributed by atoms with E-state index in [-0.39, 0.29) is 22.1 Å². The highest BCUT2D eigenvalue weighted by Crippen LogP contribution is 2.20. The summed E-state index contributed by atoms with van der Waals surface area (Å²) in [5, 5.41) is 2.59. The van der Waals surface area contributed by atoms with E-state index >= 15 is 0 Å². The highest BCUT2D eigenvalue weighted by molar-refractivity contribution is 6.34. The van der Waals surface area contributed by atoms with Crippen LogP contribution in [0.25, 0.3) is 0 Å². The number of nitrogens with one attached hydrogen (secondary N) is 1. The molecule has 1 aromatic heterocycles. The van der Waals surface area contributed by atoms with Gasteiger partial charge in [-0.2, -0.15) is 0 Å². The molecule has 1 heterocycles. The number of pyridine rings is 1. The van der Waals surface area contributed by atoms with Crippen LogP contribution in [-0.2, 0) is 0 Å². The molecule has 3 N–H and O–H groups in total. The Morgan fingerprint density at radius 3 is 2.84 bits per heavy atom. The second-order valence-electron chi connectivity index (χ2n) is 4.03. The summed E-state index contributed by atoms with van der Waals surface area (Å²) in [6, 6.07) is 5.85. The molecule has 0 bridgehead atoms. The Labute approximate surface area is 114 Å². The maximum Gasteiger partial charge on any atom is 0.257 e. The zero-order valence-corrected chi connectivity index (χ0v) is 10.8. The van der Waals surface area contributed by atoms with Gasteiger partial charge in [-0.25, -0.2) is 9.37 Å². The lowest BCUT2D eigenvalue weighted by Gasteiger charge is -2.08. The second-order valence-corrected chi connectivity index (χ2v) is 4.43. The molecule has 98 valence electrons. The fourth-order valence-corrected chi connectivity index (χ4v) is 1.73. The Balaban J connectivity index is 2.28.